The molecule has 48 heteroatoms. The summed E-state index contributed by atoms with van der Waals surface area (Å²) in [5.74, 6) is -5.40. The molecule has 2 aromatic rings. The number of primary amides is 1. The first-order valence-corrected chi connectivity index (χ1v) is 54.1. The molecule has 0 aromatic heterocycles. The number of rotatable bonds is 71. The fourth-order valence-corrected chi connectivity index (χ4v) is 16.8. The number of methoxy groups -OCH3 is 4. The van der Waals surface area contributed by atoms with Gasteiger partial charge in [0.15, 0.2) is 25.2 Å². The maximum atomic E-state index is 14.8. The van der Waals surface area contributed by atoms with Crippen molar-refractivity contribution in [3.8, 4) is 0 Å². The topological polar surface area (TPSA) is 644 Å². The van der Waals surface area contributed by atoms with Gasteiger partial charge in [0.1, 0.15) is 56.4 Å². The molecule has 0 spiro atoms. The van der Waals surface area contributed by atoms with Crippen molar-refractivity contribution in [1.82, 2.24) is 57.7 Å². The third kappa shape index (κ3) is 57.3. The monoisotopic (exact) mass is 2180 g/mol. The van der Waals surface area contributed by atoms with Gasteiger partial charge in [-0.3, -0.25) is 48.1 Å². The predicted molar refractivity (Wildman–Crippen MR) is 565 cm³/mol. The van der Waals surface area contributed by atoms with Crippen LogP contribution >= 0.6 is 21.6 Å². The minimum Gasteiger partial charge on any atom is -0.481 e. The number of aliphatic hydroxyl groups is 6. The number of aliphatic carboxylic acids is 1. The van der Waals surface area contributed by atoms with E-state index in [2.05, 4.69) is 60.1 Å². The van der Waals surface area contributed by atoms with Crippen LogP contribution in [0.25, 0.3) is 0 Å². The number of nitrogens with two attached hydrogens (primary N) is 1. The molecule has 46 nitrogen and oxygen atoms in total. The van der Waals surface area contributed by atoms with Crippen molar-refractivity contribution < 1.29 is 160 Å². The molecule has 1 aliphatic rings. The zero-order chi connectivity index (χ0) is 114. The lowest BCUT2D eigenvalue weighted by Gasteiger charge is -2.40. The summed E-state index contributed by atoms with van der Waals surface area (Å²) >= 11 is 0. The lowest BCUT2D eigenvalue weighted by Crippen LogP contribution is -2.59. The highest BCUT2D eigenvalue weighted by molar-refractivity contribution is 8.76. The van der Waals surface area contributed by atoms with Crippen LogP contribution in [-0.2, 0) is 107 Å². The largest absolute Gasteiger partial charge is 0.481 e. The Kier molecular flexibility index (Phi) is 75.9. The number of carboxylic acids is 1. The summed E-state index contributed by atoms with van der Waals surface area (Å²) in [6.07, 6.45) is -0.705. The molecule has 21 atom stereocenters. The first kappa shape index (κ1) is 140. The zero-order valence-electron chi connectivity index (χ0n) is 92.1. The number of carbonyl (C=O) groups excluding carboxylic acids is 13. The molecular weight excluding hydrogens is 2000 g/mol. The van der Waals surface area contributed by atoms with Crippen molar-refractivity contribution in [3.05, 3.63) is 65.7 Å². The number of urea groups is 1. The predicted octanol–water partition coefficient (Wildman–Crippen LogP) is 7.38. The maximum absolute atomic E-state index is 14.8. The molecular formula is C102H179N13O33S2. The smallest absolute Gasteiger partial charge is 0.410 e. The fraction of sp³-hybridized carbons (Fsp3) is 0.745. The Hall–Kier alpha value is -9.64. The second-order valence-corrected chi connectivity index (χ2v) is 40.0. The van der Waals surface area contributed by atoms with E-state index in [0.29, 0.717) is 55.5 Å². The van der Waals surface area contributed by atoms with Crippen LogP contribution in [0, 0.1) is 53.3 Å². The standard InChI is InChI=1S/C70H114N10O16.C14H28N2O6S2.C11H21NO7.C7H16O4/c1-17-43(9)61(44(10)36-55(82)53-27-22-26-52(53)45(11)46(12)63(85)74-47(13)62(84)49-24-20-19-21-25-49)79(14)67(89)59(41(5)6)78-66(88)60(42(7)8)80(15)70(92)95-38-48-29-31-50(32-30-48)75-64(86)54(28-23-34-72-68(71)90)76-65(87)58(40(3)4)77-56(83)33-35-73-69(91)94-39-57(93-16)96-51(18-2)37-81;1-4-11(9-17)22-13(20-2)10-21-14(19)16-6-5-12(18)15-7-8-24-23-3;1-3-8(6-13)19-10(17-2)7-18-11(16)12-5-4-9(14)15;1-3-6(4-8)11-7(5-9)10-2/h19-21,24-25,29-32,40-47,51-54,57-62,81,84H,17-18,22-23,26-28,33-39H2,1-16H3,(H,73,91)(H,74,85)(H,75,86)(H,76,87)(H,77,83)(H,78,88)(H3,71,72,90);11,13,17H,4-10H2,1-3H3,(H,15,18)(H,16,19);8,10,13H,3-7H2,1-2H3,(H,12,16)(H,14,15);6-9H,3-5H2,1-2H3/t43-,44+,45+,46+,47+,51?,52-,53?,54+,57?,58+,59-,60-,61-,62+;;;/m0.../s1. The number of likely N-dealkylation sites (N-methyl/N-ethyl adjacent to an activating group) is 2. The van der Waals surface area contributed by atoms with Gasteiger partial charge in [-0.25, -0.2) is 24.0 Å². The fourth-order valence-electron chi connectivity index (χ4n) is 15.7. The van der Waals surface area contributed by atoms with Crippen molar-refractivity contribution in [2.24, 2.45) is 59.0 Å². The van der Waals surface area contributed by atoms with Crippen molar-refractivity contribution in [2.45, 2.75) is 299 Å². The van der Waals surface area contributed by atoms with Crippen LogP contribution in [0.2, 0.25) is 0 Å². The van der Waals surface area contributed by atoms with Gasteiger partial charge in [-0.1, -0.05) is 181 Å². The molecule has 150 heavy (non-hydrogen) atoms. The summed E-state index contributed by atoms with van der Waals surface area (Å²) in [6.45, 7) is 29.0. The van der Waals surface area contributed by atoms with E-state index < -0.39 is 145 Å². The number of amides is 13. The Morgan fingerprint density at radius 1 is 0.487 bits per heavy atom. The molecule has 1 aliphatic carbocycles. The minimum absolute atomic E-state index is 0.0130. The molecule has 19 N–H and O–H groups in total. The van der Waals surface area contributed by atoms with Gasteiger partial charge in [0, 0.05) is 124 Å². The summed E-state index contributed by atoms with van der Waals surface area (Å²) in [7, 11) is 12.1. The highest BCUT2D eigenvalue weighted by atomic mass is 33.1. The number of carboxylic acid groups (broad SMARTS) is 1. The summed E-state index contributed by atoms with van der Waals surface area (Å²) in [5.41, 5.74) is 6.80. The normalized spacial score (nSPS) is 16.5. The van der Waals surface area contributed by atoms with Crippen LogP contribution < -0.4 is 58.9 Å². The molecule has 13 amide bonds. The number of nitrogens with zero attached hydrogens (tertiary/aromatic N) is 2. The highest BCUT2D eigenvalue weighted by Gasteiger charge is 2.44. The SMILES string of the molecule is CCC(CO)OC(CO)OC.CCC(CO)OC(COC(=O)NCCC(=O)NCCSSC)OC.CCC(CO)OC(COC(=O)NCCC(=O)N[C@@H](C(=O)N[C@H](CCCNC(N)=O)C(=O)Nc1ccc(COC(=O)N(C)[C@H](C(=O)N[C@H](C(=O)N(C)[C@H]([C@H](C)CC(=O)C2CCC[C@H]2[C@H](C)[C@@H](C)C(=O)N[C@H](C)[C@@H](O)c2ccccc2)[C@@H](C)CC)C(C)C)C(C)C)cc1)C(C)C)OC.CCC(CO)OC(COC(=O)NCCC(=O)O)OC. The first-order chi connectivity index (χ1) is 71.2. The second kappa shape index (κ2) is 81.1. The van der Waals surface area contributed by atoms with Gasteiger partial charge in [0.25, 0.3) is 0 Å². The summed E-state index contributed by atoms with van der Waals surface area (Å²) in [4.78, 5) is 183. The van der Waals surface area contributed by atoms with Crippen LogP contribution in [0.1, 0.15) is 218 Å². The van der Waals surface area contributed by atoms with Gasteiger partial charge in [0.05, 0.1) is 76.0 Å². The number of alkyl carbamates (subject to hydrolysis) is 3. The van der Waals surface area contributed by atoms with Crippen molar-refractivity contribution in [3.63, 3.8) is 0 Å². The Morgan fingerprint density at radius 2 is 0.967 bits per heavy atom. The van der Waals surface area contributed by atoms with Gasteiger partial charge in [-0.05, 0) is 129 Å². The Balaban J connectivity index is 0.00000329. The van der Waals surface area contributed by atoms with Crippen molar-refractivity contribution in [1.29, 1.82) is 0 Å². The van der Waals surface area contributed by atoms with Gasteiger partial charge in [-0.15, -0.1) is 0 Å². The lowest BCUT2D eigenvalue weighted by atomic mass is 9.74. The quantitative estimate of drug-likeness (QED) is 0.0133. The molecule has 0 bridgehead atoms. The Labute approximate surface area is 893 Å². The number of ketones is 1. The first-order valence-electron chi connectivity index (χ1n) is 51.4. The zero-order valence-corrected chi connectivity index (χ0v) is 93.7. The number of ether oxygens (including phenoxy) is 12. The van der Waals surface area contributed by atoms with Gasteiger partial charge in [0.2, 0.25) is 41.4 Å². The van der Waals surface area contributed by atoms with Crippen LogP contribution in [0.4, 0.5) is 29.7 Å². The molecule has 0 aliphatic heterocycles. The molecule has 1 fully saturated rings. The molecule has 3 rings (SSSR count). The molecule has 862 valence electrons. The number of hydrogen-bond donors (Lipinski definition) is 18. The van der Waals surface area contributed by atoms with E-state index in [1.807, 2.05) is 106 Å². The van der Waals surface area contributed by atoms with E-state index in [4.69, 9.17) is 88.1 Å². The van der Waals surface area contributed by atoms with Crippen LogP contribution in [-0.4, -0.2) is 355 Å². The Morgan fingerprint density at radius 3 is 1.40 bits per heavy atom. The third-order valence-electron chi connectivity index (χ3n) is 25.0. The lowest BCUT2D eigenvalue weighted by molar-refractivity contribution is -0.181. The van der Waals surface area contributed by atoms with E-state index in [9.17, 15) is 77.3 Å². The average Bonchev–Trinajstić information content (AvgIpc) is 1.63. The van der Waals surface area contributed by atoms with Crippen molar-refractivity contribution >= 4 is 111 Å². The maximum Gasteiger partial charge on any atom is 0.410 e. The van der Waals surface area contributed by atoms with E-state index in [0.717, 1.165) is 25.0 Å². The molecule has 0 saturated heterocycles. The number of nitrogens with one attached hydrogen (secondary N) is 10. The summed E-state index contributed by atoms with van der Waals surface area (Å²) < 4.78 is 61.8. The van der Waals surface area contributed by atoms with E-state index in [1.54, 1.807) is 92.4 Å². The Bertz CT molecular complexity index is 4120. The molecule has 9 unspecified atom stereocenters. The van der Waals surface area contributed by atoms with Crippen LogP contribution in [0.15, 0.2) is 54.6 Å². The van der Waals surface area contributed by atoms with Gasteiger partial charge >= 0.3 is 36.4 Å². The van der Waals surface area contributed by atoms with Gasteiger partial charge in [-0.2, -0.15) is 0 Å². The number of aliphatic hydroxyl groups excluding tert-OH is 6. The number of Topliss-reactive ketones (excluding diaryl/α,β-unsaturated/α-hetero) is 1. The molecule has 0 radical (unpaired) electrons. The minimum atomic E-state index is -1.15. The molecule has 0 heterocycles. The van der Waals surface area contributed by atoms with E-state index in [1.165, 1.54) is 40.4 Å². The van der Waals surface area contributed by atoms with E-state index in [-0.39, 0.29) is 208 Å². The molecule has 1 saturated carbocycles. The second-order valence-electron chi connectivity index (χ2n) is 37.3. The average molecular weight is 2180 g/mol. The number of anilines is 1. The number of benzene rings is 2. The van der Waals surface area contributed by atoms with Crippen molar-refractivity contribution in [2.75, 3.05) is 145 Å². The van der Waals surface area contributed by atoms with Crippen LogP contribution in [0.5, 0.6) is 0 Å². The van der Waals surface area contributed by atoms with Gasteiger partial charge < -0.3 is 156 Å². The summed E-state index contributed by atoms with van der Waals surface area (Å²) in [6, 6.07) is 9.58. The summed E-state index contributed by atoms with van der Waals surface area (Å²) in [5, 5.41) is 90.6. The number of hydrogen-bond acceptors (Lipinski definition) is 34. The molecule has 2 aromatic carbocycles. The highest BCUT2D eigenvalue weighted by Crippen LogP contribution is 2.42. The van der Waals surface area contributed by atoms with Crippen LogP contribution in [0.3, 0.4) is 0 Å². The third-order valence-corrected chi connectivity index (χ3v) is 26.8. The van der Waals surface area contributed by atoms with E-state index >= 15 is 0 Å². The number of carbonyl (C=O) groups is 14.